The van der Waals surface area contributed by atoms with Crippen LogP contribution in [0.1, 0.15) is 43.9 Å². The van der Waals surface area contributed by atoms with E-state index in [1.807, 2.05) is 0 Å². The Morgan fingerprint density at radius 3 is 2.96 bits per heavy atom. The minimum atomic E-state index is 0.482. The van der Waals surface area contributed by atoms with Crippen molar-refractivity contribution in [1.82, 2.24) is 10.3 Å². The highest BCUT2D eigenvalue weighted by molar-refractivity contribution is 5.77. The Balaban J connectivity index is 1.33. The number of morpholine rings is 1. The molecule has 2 heterocycles. The molecule has 5 nitrogen and oxygen atoms in total. The molecule has 1 aromatic carbocycles. The molecule has 3 aliphatic rings. The zero-order chi connectivity index (χ0) is 15.9. The summed E-state index contributed by atoms with van der Waals surface area (Å²) in [4.78, 5) is 4.68. The van der Waals surface area contributed by atoms with Crippen LogP contribution in [0.4, 0.5) is 5.69 Å². The summed E-state index contributed by atoms with van der Waals surface area (Å²) in [7, 11) is 0. The van der Waals surface area contributed by atoms with Gasteiger partial charge in [-0.3, -0.25) is 0 Å². The number of oxazole rings is 1. The van der Waals surface area contributed by atoms with Crippen molar-refractivity contribution in [3.05, 3.63) is 24.1 Å². The van der Waals surface area contributed by atoms with Crippen LogP contribution in [0.3, 0.4) is 0 Å². The first kappa shape index (κ1) is 14.7. The molecule has 3 atom stereocenters. The van der Waals surface area contributed by atoms with Crippen LogP contribution in [0, 0.1) is 5.92 Å². The number of hydrogen-bond acceptors (Lipinski definition) is 5. The lowest BCUT2D eigenvalue weighted by Gasteiger charge is -2.33. The average molecular weight is 327 g/mol. The number of hydrogen-bond donors (Lipinski definition) is 2. The highest BCUT2D eigenvalue weighted by Crippen LogP contribution is 2.41. The third kappa shape index (κ3) is 2.80. The molecule has 2 N–H and O–H groups in total. The maximum atomic E-state index is 5.87. The molecule has 2 aliphatic carbocycles. The lowest BCUT2D eigenvalue weighted by atomic mass is 9.94. The van der Waals surface area contributed by atoms with Crippen LogP contribution in [0.5, 0.6) is 0 Å². The summed E-state index contributed by atoms with van der Waals surface area (Å²) in [5.74, 6) is 2.12. The molecule has 0 amide bonds. The SMILES string of the molecule is c1cc2oc(C3CC3)nc2cc1NC1CCCC1C1COCCN1. The van der Waals surface area contributed by atoms with Crippen molar-refractivity contribution in [2.75, 3.05) is 25.1 Å². The lowest BCUT2D eigenvalue weighted by molar-refractivity contribution is 0.0559. The van der Waals surface area contributed by atoms with Gasteiger partial charge in [0, 0.05) is 30.2 Å². The van der Waals surface area contributed by atoms with E-state index in [1.165, 1.54) is 32.1 Å². The van der Waals surface area contributed by atoms with Crippen LogP contribution >= 0.6 is 0 Å². The summed E-state index contributed by atoms with van der Waals surface area (Å²) in [5.41, 5.74) is 3.05. The van der Waals surface area contributed by atoms with Crippen LogP contribution < -0.4 is 10.6 Å². The minimum Gasteiger partial charge on any atom is -0.440 e. The van der Waals surface area contributed by atoms with Crippen molar-refractivity contribution in [3.63, 3.8) is 0 Å². The Hall–Kier alpha value is -1.59. The maximum absolute atomic E-state index is 5.87. The summed E-state index contributed by atoms with van der Waals surface area (Å²) in [6.45, 7) is 2.66. The highest BCUT2D eigenvalue weighted by Gasteiger charge is 2.35. The molecule has 5 rings (SSSR count). The van der Waals surface area contributed by atoms with Gasteiger partial charge >= 0.3 is 0 Å². The number of aromatic nitrogens is 1. The normalized spacial score (nSPS) is 30.8. The van der Waals surface area contributed by atoms with E-state index in [-0.39, 0.29) is 0 Å². The Morgan fingerprint density at radius 2 is 2.12 bits per heavy atom. The summed E-state index contributed by atoms with van der Waals surface area (Å²) < 4.78 is 11.5. The van der Waals surface area contributed by atoms with Crippen LogP contribution in [-0.4, -0.2) is 36.8 Å². The first-order valence-electron chi connectivity index (χ1n) is 9.35. The molecule has 24 heavy (non-hydrogen) atoms. The molecule has 2 saturated carbocycles. The molecule has 0 spiro atoms. The van der Waals surface area contributed by atoms with Crippen molar-refractivity contribution in [2.45, 2.75) is 50.1 Å². The summed E-state index contributed by atoms with van der Waals surface area (Å²) in [6.07, 6.45) is 6.23. The van der Waals surface area contributed by atoms with Gasteiger partial charge in [-0.25, -0.2) is 4.98 Å². The van der Waals surface area contributed by atoms with E-state index in [0.717, 1.165) is 42.4 Å². The highest BCUT2D eigenvalue weighted by atomic mass is 16.5. The number of anilines is 1. The predicted octanol–water partition coefficient (Wildman–Crippen LogP) is 3.27. The third-order valence-electron chi connectivity index (χ3n) is 5.72. The second-order valence-corrected chi connectivity index (χ2v) is 7.49. The Bertz CT molecular complexity index is 718. The molecular formula is C19H25N3O2. The third-order valence-corrected chi connectivity index (χ3v) is 5.72. The van der Waals surface area contributed by atoms with E-state index in [2.05, 4.69) is 33.8 Å². The monoisotopic (exact) mass is 327 g/mol. The van der Waals surface area contributed by atoms with Crippen molar-refractivity contribution < 1.29 is 9.15 Å². The van der Waals surface area contributed by atoms with Gasteiger partial charge in [0.1, 0.15) is 5.52 Å². The quantitative estimate of drug-likeness (QED) is 0.902. The van der Waals surface area contributed by atoms with Gasteiger partial charge in [0.2, 0.25) is 0 Å². The van der Waals surface area contributed by atoms with Crippen LogP contribution in [0.25, 0.3) is 11.1 Å². The molecule has 0 bridgehead atoms. The molecule has 1 saturated heterocycles. The zero-order valence-corrected chi connectivity index (χ0v) is 14.0. The predicted molar refractivity (Wildman–Crippen MR) is 93.3 cm³/mol. The first-order chi connectivity index (χ1) is 11.9. The zero-order valence-electron chi connectivity index (χ0n) is 14.0. The van der Waals surface area contributed by atoms with Gasteiger partial charge < -0.3 is 19.8 Å². The molecular weight excluding hydrogens is 302 g/mol. The molecule has 2 aromatic rings. The van der Waals surface area contributed by atoms with Crippen molar-refractivity contribution >= 4 is 16.8 Å². The summed E-state index contributed by atoms with van der Waals surface area (Å²) >= 11 is 0. The van der Waals surface area contributed by atoms with E-state index in [0.29, 0.717) is 23.9 Å². The maximum Gasteiger partial charge on any atom is 0.198 e. The molecule has 5 heteroatoms. The van der Waals surface area contributed by atoms with Gasteiger partial charge in [0.25, 0.3) is 0 Å². The van der Waals surface area contributed by atoms with Gasteiger partial charge in [0.05, 0.1) is 13.2 Å². The number of nitrogens with zero attached hydrogens (tertiary/aromatic N) is 1. The fourth-order valence-electron chi connectivity index (χ4n) is 4.26. The molecule has 1 aromatic heterocycles. The topological polar surface area (TPSA) is 59.3 Å². The average Bonchev–Trinajstić information content (AvgIpc) is 3.22. The number of benzene rings is 1. The fourth-order valence-corrected chi connectivity index (χ4v) is 4.26. The Kier molecular flexibility index (Phi) is 3.71. The van der Waals surface area contributed by atoms with Gasteiger partial charge in [-0.05, 0) is 49.8 Å². The summed E-state index contributed by atoms with van der Waals surface area (Å²) in [6, 6.07) is 7.32. The van der Waals surface area contributed by atoms with Crippen LogP contribution in [-0.2, 0) is 4.74 Å². The van der Waals surface area contributed by atoms with Crippen LogP contribution in [0.2, 0.25) is 0 Å². The molecule has 3 fully saturated rings. The van der Waals surface area contributed by atoms with Crippen LogP contribution in [0.15, 0.2) is 22.6 Å². The Labute approximate surface area is 142 Å². The first-order valence-corrected chi connectivity index (χ1v) is 9.35. The Morgan fingerprint density at radius 1 is 1.17 bits per heavy atom. The number of rotatable bonds is 4. The summed E-state index contributed by atoms with van der Waals surface area (Å²) in [5, 5.41) is 7.39. The minimum absolute atomic E-state index is 0.482. The van der Waals surface area contributed by atoms with E-state index >= 15 is 0 Å². The largest absolute Gasteiger partial charge is 0.440 e. The van der Waals surface area contributed by atoms with Gasteiger partial charge in [-0.15, -0.1) is 0 Å². The smallest absolute Gasteiger partial charge is 0.198 e. The fraction of sp³-hybridized carbons (Fsp3) is 0.632. The standard InChI is InChI=1S/C19H25N3O2/c1-2-14(17-11-23-9-8-20-17)15(3-1)21-13-6-7-18-16(10-13)22-19(24-18)12-4-5-12/h6-7,10,12,14-15,17,20-21H,1-5,8-9,11H2. The molecule has 1 aliphatic heterocycles. The second-order valence-electron chi connectivity index (χ2n) is 7.49. The number of nitrogens with one attached hydrogen (secondary N) is 2. The number of fused-ring (bicyclic) bond motifs is 1. The van der Waals surface area contributed by atoms with E-state index in [4.69, 9.17) is 9.15 Å². The van der Waals surface area contributed by atoms with Gasteiger partial charge in [-0.2, -0.15) is 0 Å². The number of ether oxygens (including phenoxy) is 1. The van der Waals surface area contributed by atoms with Crippen molar-refractivity contribution in [2.24, 2.45) is 5.92 Å². The van der Waals surface area contributed by atoms with Crippen molar-refractivity contribution in [3.8, 4) is 0 Å². The van der Waals surface area contributed by atoms with Gasteiger partial charge in [0.15, 0.2) is 11.5 Å². The lowest BCUT2D eigenvalue weighted by Crippen LogP contribution is -2.49. The van der Waals surface area contributed by atoms with Crippen molar-refractivity contribution in [1.29, 1.82) is 0 Å². The second kappa shape index (κ2) is 6.05. The van der Waals surface area contributed by atoms with E-state index in [1.54, 1.807) is 0 Å². The molecule has 3 unspecified atom stereocenters. The van der Waals surface area contributed by atoms with E-state index in [9.17, 15) is 0 Å². The molecule has 0 radical (unpaired) electrons. The van der Waals surface area contributed by atoms with E-state index < -0.39 is 0 Å². The molecule has 128 valence electrons. The van der Waals surface area contributed by atoms with Gasteiger partial charge in [-0.1, -0.05) is 6.42 Å².